The lowest BCUT2D eigenvalue weighted by atomic mass is 10.2. The molecule has 4 N–H and O–H groups in total. The van der Waals surface area contributed by atoms with E-state index in [-0.39, 0.29) is 23.0 Å². The van der Waals surface area contributed by atoms with Gasteiger partial charge < -0.3 is 28.5 Å². The molecule has 0 saturated carbocycles. The first-order valence-electron chi connectivity index (χ1n) is 12.0. The van der Waals surface area contributed by atoms with Crippen LogP contribution in [0.25, 0.3) is 0 Å². The molecule has 0 fully saturated rings. The fourth-order valence-corrected chi connectivity index (χ4v) is 3.11. The van der Waals surface area contributed by atoms with Gasteiger partial charge in [0.25, 0.3) is 11.8 Å². The molecule has 4 aromatic rings. The van der Waals surface area contributed by atoms with Crippen molar-refractivity contribution < 1.29 is 47.7 Å². The maximum absolute atomic E-state index is 12.1. The quantitative estimate of drug-likeness (QED) is 0.0882. The van der Waals surface area contributed by atoms with Gasteiger partial charge in [-0.1, -0.05) is 0 Å². The van der Waals surface area contributed by atoms with Crippen LogP contribution in [0.15, 0.2) is 104 Å². The van der Waals surface area contributed by atoms with Crippen LogP contribution in [0.1, 0.15) is 32.2 Å². The van der Waals surface area contributed by atoms with Crippen molar-refractivity contribution in [2.75, 3.05) is 0 Å². The van der Waals surface area contributed by atoms with Crippen molar-refractivity contribution >= 4 is 36.2 Å². The highest BCUT2D eigenvalue weighted by atomic mass is 16.6. The number of amides is 2. The van der Waals surface area contributed by atoms with Crippen LogP contribution in [0, 0.1) is 0 Å². The van der Waals surface area contributed by atoms with E-state index in [1.807, 2.05) is 10.9 Å². The number of nitrogens with one attached hydrogen (secondary N) is 2. The lowest BCUT2D eigenvalue weighted by molar-refractivity contribution is -0.146. The zero-order chi connectivity index (χ0) is 29.9. The summed E-state index contributed by atoms with van der Waals surface area (Å²) < 4.78 is 20.2. The molecule has 2 amide bonds. The van der Waals surface area contributed by atoms with Gasteiger partial charge >= 0.3 is 11.9 Å². The number of nitrogens with zero attached hydrogens (tertiary/aromatic N) is 2. The second kappa shape index (κ2) is 14.0. The molecule has 2 aromatic heterocycles. The van der Waals surface area contributed by atoms with Crippen molar-refractivity contribution in [3.8, 4) is 11.5 Å². The number of hydrogen-bond acceptors (Lipinski definition) is 12. The van der Waals surface area contributed by atoms with Crippen LogP contribution in [0.2, 0.25) is 0 Å². The van der Waals surface area contributed by atoms with Gasteiger partial charge in [0.15, 0.2) is 12.2 Å². The Bertz CT molecular complexity index is 1440. The number of furan rings is 2. The molecular weight excluding hydrogens is 552 g/mol. The fourth-order valence-electron chi connectivity index (χ4n) is 3.11. The van der Waals surface area contributed by atoms with E-state index in [4.69, 9.17) is 18.3 Å². The number of hydrazone groups is 2. The zero-order valence-electron chi connectivity index (χ0n) is 21.4. The molecule has 0 saturated heterocycles. The van der Waals surface area contributed by atoms with Crippen molar-refractivity contribution in [1.82, 2.24) is 10.9 Å². The van der Waals surface area contributed by atoms with Crippen molar-refractivity contribution in [2.24, 2.45) is 10.2 Å². The molecule has 214 valence electrons. The average molecular weight is 575 g/mol. The molecule has 0 radical (unpaired) electrons. The number of esters is 2. The van der Waals surface area contributed by atoms with E-state index in [1.165, 1.54) is 85.6 Å². The minimum atomic E-state index is -2.15. The number of carbonyl (C=O) groups is 4. The van der Waals surface area contributed by atoms with Crippen molar-refractivity contribution in [2.45, 2.75) is 12.2 Å². The Balaban J connectivity index is 1.19. The molecule has 2 heterocycles. The van der Waals surface area contributed by atoms with Crippen LogP contribution in [0.4, 0.5) is 0 Å². The van der Waals surface area contributed by atoms with Crippen LogP contribution in [0.5, 0.6) is 11.5 Å². The lowest BCUT2D eigenvalue weighted by Crippen LogP contribution is -2.47. The van der Waals surface area contributed by atoms with Crippen molar-refractivity contribution in [1.29, 1.82) is 0 Å². The van der Waals surface area contributed by atoms with E-state index in [0.717, 1.165) is 0 Å². The monoisotopic (exact) mass is 574 g/mol. The van der Waals surface area contributed by atoms with E-state index < -0.39 is 36.0 Å². The largest absolute Gasteiger partial charge is 0.457 e. The Morgan fingerprint density at radius 2 is 1.02 bits per heavy atom. The van der Waals surface area contributed by atoms with Crippen LogP contribution >= 0.6 is 0 Å². The number of aliphatic hydroxyl groups is 2. The van der Waals surface area contributed by atoms with Crippen molar-refractivity contribution in [3.63, 3.8) is 0 Å². The average Bonchev–Trinajstić information content (AvgIpc) is 3.73. The molecule has 2 aromatic carbocycles. The van der Waals surface area contributed by atoms with Crippen LogP contribution in [-0.2, 0) is 9.59 Å². The first kappa shape index (κ1) is 29.1. The zero-order valence-corrected chi connectivity index (χ0v) is 21.4. The van der Waals surface area contributed by atoms with Gasteiger partial charge in [0.2, 0.25) is 11.5 Å². The third-order valence-electron chi connectivity index (χ3n) is 5.24. The number of carbonyl (C=O) groups excluding carboxylic acids is 4. The molecule has 42 heavy (non-hydrogen) atoms. The molecule has 0 aliphatic heterocycles. The van der Waals surface area contributed by atoms with Gasteiger partial charge in [0.1, 0.15) is 11.5 Å². The second-order valence-corrected chi connectivity index (χ2v) is 8.23. The number of rotatable bonds is 11. The Morgan fingerprint density at radius 3 is 1.36 bits per heavy atom. The topological polar surface area (TPSA) is 202 Å². The molecular formula is C28H22N4O10. The number of hydrogen-bond donors (Lipinski definition) is 4. The van der Waals surface area contributed by atoms with E-state index >= 15 is 0 Å². The standard InChI is InChI=1S/C28H22N4O10/c33-23(25(35)31-29-15-17-5-9-19(10-6-17)41-27(37)21-3-1-13-39-21)24(34)26(36)32-30-16-18-7-11-20(12-8-18)42-28(38)22-4-2-14-40-22/h1-16,23-24,33-34H,(H,31,35)(H,32,36). The highest BCUT2D eigenvalue weighted by Crippen LogP contribution is 2.15. The van der Waals surface area contributed by atoms with Crippen molar-refractivity contribution in [3.05, 3.63) is 108 Å². The molecule has 0 aliphatic rings. The van der Waals surface area contributed by atoms with Gasteiger partial charge in [-0.3, -0.25) is 9.59 Å². The predicted octanol–water partition coefficient (Wildman–Crippen LogP) is 1.63. The molecule has 0 bridgehead atoms. The van der Waals surface area contributed by atoms with Crippen LogP contribution in [0.3, 0.4) is 0 Å². The Kier molecular flexibility index (Phi) is 9.69. The summed E-state index contributed by atoms with van der Waals surface area (Å²) in [5.41, 5.74) is 5.01. The molecule has 14 nitrogen and oxygen atoms in total. The van der Waals surface area contributed by atoms with Gasteiger partial charge in [-0.25, -0.2) is 20.4 Å². The maximum Gasteiger partial charge on any atom is 0.379 e. The van der Waals surface area contributed by atoms with Gasteiger partial charge in [-0.2, -0.15) is 10.2 Å². The minimum Gasteiger partial charge on any atom is -0.457 e. The van der Waals surface area contributed by atoms with Gasteiger partial charge in [0.05, 0.1) is 25.0 Å². The molecule has 2 unspecified atom stereocenters. The third kappa shape index (κ3) is 8.08. The number of ether oxygens (including phenoxy) is 2. The first-order valence-corrected chi connectivity index (χ1v) is 12.0. The Labute approximate surface area is 236 Å². The summed E-state index contributed by atoms with van der Waals surface area (Å²) in [5, 5.41) is 27.3. The van der Waals surface area contributed by atoms with E-state index in [9.17, 15) is 29.4 Å². The molecule has 0 aliphatic carbocycles. The van der Waals surface area contributed by atoms with Gasteiger partial charge in [0, 0.05) is 0 Å². The number of benzene rings is 2. The summed E-state index contributed by atoms with van der Waals surface area (Å²) >= 11 is 0. The Morgan fingerprint density at radius 1 is 0.643 bits per heavy atom. The predicted molar refractivity (Wildman–Crippen MR) is 144 cm³/mol. The summed E-state index contributed by atoms with van der Waals surface area (Å²) in [6.45, 7) is 0. The molecule has 0 spiro atoms. The highest BCUT2D eigenvalue weighted by Gasteiger charge is 2.30. The normalized spacial score (nSPS) is 12.5. The summed E-state index contributed by atoms with van der Waals surface area (Å²) in [6.07, 6.45) is 0.839. The first-order chi connectivity index (χ1) is 20.3. The van der Waals surface area contributed by atoms with Crippen LogP contribution < -0.4 is 20.3 Å². The smallest absolute Gasteiger partial charge is 0.379 e. The number of aliphatic hydroxyl groups excluding tert-OH is 2. The Hall–Kier alpha value is -5.86. The van der Waals surface area contributed by atoms with Gasteiger partial charge in [-0.15, -0.1) is 0 Å². The van der Waals surface area contributed by atoms with Gasteiger partial charge in [-0.05, 0) is 83.9 Å². The lowest BCUT2D eigenvalue weighted by Gasteiger charge is -2.14. The van der Waals surface area contributed by atoms with Crippen LogP contribution in [-0.4, -0.2) is 58.6 Å². The van der Waals surface area contributed by atoms with E-state index in [0.29, 0.717) is 11.1 Å². The second-order valence-electron chi connectivity index (χ2n) is 8.23. The maximum atomic E-state index is 12.1. The highest BCUT2D eigenvalue weighted by molar-refractivity contribution is 5.92. The van der Waals surface area contributed by atoms with E-state index in [1.54, 1.807) is 12.1 Å². The summed E-state index contributed by atoms with van der Waals surface area (Å²) in [7, 11) is 0. The molecule has 14 heteroatoms. The summed E-state index contributed by atoms with van der Waals surface area (Å²) in [5.74, 6) is -3.07. The SMILES string of the molecule is O=C(Oc1ccc(C=NNC(=O)C(O)C(O)C(=O)NN=Cc2ccc(OC(=O)c3ccco3)cc2)cc1)c1ccco1. The molecule has 2 atom stereocenters. The fraction of sp³-hybridized carbons (Fsp3) is 0.0714. The van der Waals surface area contributed by atoms with E-state index in [2.05, 4.69) is 10.2 Å². The minimum absolute atomic E-state index is 0.0442. The summed E-state index contributed by atoms with van der Waals surface area (Å²) in [4.78, 5) is 47.9. The molecule has 4 rings (SSSR count). The third-order valence-corrected chi connectivity index (χ3v) is 5.24. The summed E-state index contributed by atoms with van der Waals surface area (Å²) in [6, 6.07) is 18.1.